The Bertz CT molecular complexity index is 557. The second-order valence-corrected chi connectivity index (χ2v) is 7.26. The Morgan fingerprint density at radius 2 is 2.05 bits per heavy atom. The summed E-state index contributed by atoms with van der Waals surface area (Å²) in [7, 11) is 0. The highest BCUT2D eigenvalue weighted by Crippen LogP contribution is 2.40. The van der Waals surface area contributed by atoms with Gasteiger partial charge < -0.3 is 5.11 Å². The van der Waals surface area contributed by atoms with Crippen LogP contribution in [-0.2, 0) is 4.79 Å². The van der Waals surface area contributed by atoms with E-state index in [-0.39, 0.29) is 16.8 Å². The van der Waals surface area contributed by atoms with Gasteiger partial charge in [-0.05, 0) is 11.2 Å². The topological polar surface area (TPSA) is 90.8 Å². The number of nitrogens with zero attached hydrogens (tertiary/aromatic N) is 1. The number of benzene rings is 1. The first-order valence-electron chi connectivity index (χ1n) is 6.59. The van der Waals surface area contributed by atoms with Crippen molar-refractivity contribution in [2.24, 2.45) is 5.18 Å². The lowest BCUT2D eigenvalue weighted by Gasteiger charge is -2.20. The third kappa shape index (κ3) is 3.08. The van der Waals surface area contributed by atoms with Crippen molar-refractivity contribution in [2.45, 2.75) is 22.8 Å². The summed E-state index contributed by atoms with van der Waals surface area (Å²) in [5, 5.41) is 18.8. The molecule has 21 heavy (non-hydrogen) atoms. The van der Waals surface area contributed by atoms with E-state index in [2.05, 4.69) is 15.8 Å². The molecule has 0 bridgehead atoms. The van der Waals surface area contributed by atoms with Gasteiger partial charge in [0.1, 0.15) is 11.7 Å². The molecule has 0 saturated carbocycles. The lowest BCUT2D eigenvalue weighted by molar-refractivity contribution is -0.138. The van der Waals surface area contributed by atoms with Crippen LogP contribution in [0.4, 0.5) is 5.69 Å². The minimum atomic E-state index is -0.803. The largest absolute Gasteiger partial charge is 0.480 e. The summed E-state index contributed by atoms with van der Waals surface area (Å²) < 4.78 is 0. The van der Waals surface area contributed by atoms with Crippen molar-refractivity contribution in [3.8, 4) is 0 Å². The SMILES string of the molecule is O=Nc1ccccc1C1N[C@@H](C2N[C@H](C(=O)O)CS2)CS1. The molecule has 0 radical (unpaired) electrons. The van der Waals surface area contributed by atoms with E-state index in [1.807, 2.05) is 12.1 Å². The van der Waals surface area contributed by atoms with Crippen LogP contribution in [0.15, 0.2) is 29.4 Å². The summed E-state index contributed by atoms with van der Waals surface area (Å²) in [6.45, 7) is 0. The summed E-state index contributed by atoms with van der Waals surface area (Å²) in [6.07, 6.45) is 0. The third-order valence-corrected chi connectivity index (χ3v) is 6.22. The van der Waals surface area contributed by atoms with Gasteiger partial charge in [-0.15, -0.1) is 28.4 Å². The van der Waals surface area contributed by atoms with Crippen molar-refractivity contribution in [2.75, 3.05) is 11.5 Å². The van der Waals surface area contributed by atoms with Crippen molar-refractivity contribution >= 4 is 35.2 Å². The van der Waals surface area contributed by atoms with Crippen molar-refractivity contribution in [3.05, 3.63) is 34.7 Å². The fourth-order valence-corrected chi connectivity index (χ4v) is 5.27. The van der Waals surface area contributed by atoms with E-state index in [0.29, 0.717) is 11.4 Å². The first-order chi connectivity index (χ1) is 10.2. The van der Waals surface area contributed by atoms with Crippen molar-refractivity contribution in [1.29, 1.82) is 0 Å². The molecule has 0 spiro atoms. The zero-order chi connectivity index (χ0) is 14.8. The Morgan fingerprint density at radius 1 is 1.24 bits per heavy atom. The van der Waals surface area contributed by atoms with Crippen LogP contribution in [0.3, 0.4) is 0 Å². The maximum atomic E-state index is 11.0. The molecule has 1 aromatic rings. The standard InChI is InChI=1S/C13H15N3O3S2/c17-13(18)10-6-21-12(15-10)9-5-20-11(14-9)7-3-1-2-4-8(7)16-19/h1-4,9-12,14-15H,5-6H2,(H,17,18)/t9-,10+,11?,12?/m1/s1. The quantitative estimate of drug-likeness (QED) is 0.728. The molecule has 0 amide bonds. The molecule has 2 fully saturated rings. The number of carboxylic acids is 1. The minimum Gasteiger partial charge on any atom is -0.480 e. The minimum absolute atomic E-state index is 0.0233. The number of carboxylic acid groups (broad SMARTS) is 1. The Labute approximate surface area is 130 Å². The molecule has 2 heterocycles. The van der Waals surface area contributed by atoms with Crippen LogP contribution in [-0.4, -0.2) is 40.0 Å². The van der Waals surface area contributed by atoms with Gasteiger partial charge in [-0.2, -0.15) is 0 Å². The van der Waals surface area contributed by atoms with Crippen LogP contribution in [0.1, 0.15) is 10.9 Å². The number of aliphatic carboxylic acids is 1. The molecule has 3 N–H and O–H groups in total. The predicted molar refractivity (Wildman–Crippen MR) is 84.8 cm³/mol. The van der Waals surface area contributed by atoms with E-state index in [9.17, 15) is 9.70 Å². The van der Waals surface area contributed by atoms with E-state index in [4.69, 9.17) is 5.11 Å². The maximum Gasteiger partial charge on any atom is 0.321 e. The fraction of sp³-hybridized carbons (Fsp3) is 0.462. The Hall–Kier alpha value is -1.09. The molecular weight excluding hydrogens is 310 g/mol. The summed E-state index contributed by atoms with van der Waals surface area (Å²) in [5.41, 5.74) is 1.34. The molecule has 0 aromatic heterocycles. The van der Waals surface area contributed by atoms with Crippen molar-refractivity contribution in [1.82, 2.24) is 10.6 Å². The van der Waals surface area contributed by atoms with Gasteiger partial charge in [-0.3, -0.25) is 15.4 Å². The summed E-state index contributed by atoms with van der Waals surface area (Å²) in [5.74, 6) is 0.650. The van der Waals surface area contributed by atoms with Crippen LogP contribution in [0.2, 0.25) is 0 Å². The lowest BCUT2D eigenvalue weighted by Crippen LogP contribution is -2.46. The Morgan fingerprint density at radius 3 is 2.76 bits per heavy atom. The Balaban J connectivity index is 1.66. The first kappa shape index (κ1) is 14.8. The van der Waals surface area contributed by atoms with E-state index in [1.54, 1.807) is 35.7 Å². The fourth-order valence-electron chi connectivity index (χ4n) is 2.51. The highest BCUT2D eigenvalue weighted by molar-refractivity contribution is 8.01. The molecule has 3 rings (SSSR count). The van der Waals surface area contributed by atoms with Crippen molar-refractivity contribution < 1.29 is 9.90 Å². The van der Waals surface area contributed by atoms with E-state index < -0.39 is 12.0 Å². The van der Waals surface area contributed by atoms with Gasteiger partial charge in [0.05, 0.1) is 10.7 Å². The summed E-state index contributed by atoms with van der Waals surface area (Å²) in [4.78, 5) is 21.9. The molecule has 2 unspecified atom stereocenters. The lowest BCUT2D eigenvalue weighted by atomic mass is 10.1. The van der Waals surface area contributed by atoms with Gasteiger partial charge in [0, 0.05) is 23.1 Å². The Kier molecular flexibility index (Phi) is 4.48. The predicted octanol–water partition coefficient (Wildman–Crippen LogP) is 1.90. The highest BCUT2D eigenvalue weighted by atomic mass is 32.2. The van der Waals surface area contributed by atoms with E-state index in [1.165, 1.54) is 0 Å². The van der Waals surface area contributed by atoms with Gasteiger partial charge >= 0.3 is 5.97 Å². The number of nitrogens with one attached hydrogen (secondary N) is 2. The maximum absolute atomic E-state index is 11.0. The average molecular weight is 325 g/mol. The molecule has 2 aliphatic heterocycles. The number of nitroso groups, excluding NO2 is 1. The average Bonchev–Trinajstić information content (AvgIpc) is 3.16. The molecular formula is C13H15N3O3S2. The molecule has 0 aliphatic carbocycles. The van der Waals surface area contributed by atoms with E-state index >= 15 is 0 Å². The normalized spacial score (nSPS) is 32.2. The first-order valence-corrected chi connectivity index (χ1v) is 8.69. The number of hydrogen-bond donors (Lipinski definition) is 3. The number of thioether (sulfide) groups is 2. The highest BCUT2D eigenvalue weighted by Gasteiger charge is 2.38. The van der Waals surface area contributed by atoms with Crippen LogP contribution in [0, 0.1) is 4.91 Å². The number of rotatable bonds is 4. The molecule has 8 heteroatoms. The zero-order valence-corrected chi connectivity index (χ0v) is 12.7. The number of carbonyl (C=O) groups is 1. The zero-order valence-electron chi connectivity index (χ0n) is 11.1. The molecule has 4 atom stereocenters. The molecule has 2 saturated heterocycles. The van der Waals surface area contributed by atoms with Crippen LogP contribution >= 0.6 is 23.5 Å². The van der Waals surface area contributed by atoms with Gasteiger partial charge in [0.25, 0.3) is 0 Å². The van der Waals surface area contributed by atoms with Gasteiger partial charge in [0.2, 0.25) is 0 Å². The second-order valence-electron chi connectivity index (χ2n) is 4.95. The van der Waals surface area contributed by atoms with Crippen LogP contribution in [0.25, 0.3) is 0 Å². The molecule has 1 aromatic carbocycles. The van der Waals surface area contributed by atoms with Gasteiger partial charge in [-0.25, -0.2) is 0 Å². The third-order valence-electron chi connectivity index (χ3n) is 3.60. The second kappa shape index (κ2) is 6.35. The molecule has 2 aliphatic rings. The van der Waals surface area contributed by atoms with Crippen LogP contribution < -0.4 is 10.6 Å². The van der Waals surface area contributed by atoms with E-state index in [0.717, 1.165) is 11.3 Å². The number of hydrogen-bond acceptors (Lipinski definition) is 7. The molecule has 6 nitrogen and oxygen atoms in total. The van der Waals surface area contributed by atoms with Gasteiger partial charge in [0.15, 0.2) is 0 Å². The smallest absolute Gasteiger partial charge is 0.321 e. The van der Waals surface area contributed by atoms with Crippen molar-refractivity contribution in [3.63, 3.8) is 0 Å². The summed E-state index contributed by atoms with van der Waals surface area (Å²) in [6, 6.07) is 7.00. The molecule has 112 valence electrons. The van der Waals surface area contributed by atoms with Gasteiger partial charge in [-0.1, -0.05) is 18.2 Å². The monoisotopic (exact) mass is 325 g/mol. The van der Waals surface area contributed by atoms with Crippen LogP contribution in [0.5, 0.6) is 0 Å². The summed E-state index contributed by atoms with van der Waals surface area (Å²) >= 11 is 3.35.